The van der Waals surface area contributed by atoms with Crippen LogP contribution < -0.4 is 5.32 Å². The first-order valence-electron chi connectivity index (χ1n) is 6.06. The highest BCUT2D eigenvalue weighted by Crippen LogP contribution is 2.18. The lowest BCUT2D eigenvalue weighted by Gasteiger charge is -2.30. The van der Waals surface area contributed by atoms with Crippen LogP contribution in [0.5, 0.6) is 0 Å². The number of rotatable bonds is 2. The number of carbonyl (C=O) groups is 2. The van der Waals surface area contributed by atoms with E-state index in [-0.39, 0.29) is 17.7 Å². The van der Waals surface area contributed by atoms with Gasteiger partial charge in [-0.1, -0.05) is 5.16 Å². The Morgan fingerprint density at radius 2 is 2.33 bits per heavy atom. The maximum atomic E-state index is 12.0. The third-order valence-corrected chi connectivity index (χ3v) is 3.12. The molecule has 0 radical (unpaired) electrons. The number of nitrogens with one attached hydrogen (secondary N) is 1. The Labute approximate surface area is 105 Å². The number of anilines is 1. The summed E-state index contributed by atoms with van der Waals surface area (Å²) in [5.74, 6) is 0.829. The van der Waals surface area contributed by atoms with E-state index < -0.39 is 0 Å². The average molecular weight is 251 g/mol. The van der Waals surface area contributed by atoms with Crippen LogP contribution >= 0.6 is 0 Å². The summed E-state index contributed by atoms with van der Waals surface area (Å²) in [5.41, 5.74) is 0. The minimum Gasteiger partial charge on any atom is -0.360 e. The molecule has 0 bridgehead atoms. The van der Waals surface area contributed by atoms with Gasteiger partial charge in [-0.25, -0.2) is 0 Å². The van der Waals surface area contributed by atoms with Crippen LogP contribution in [0.25, 0.3) is 0 Å². The minimum atomic E-state index is -0.167. The Hall–Kier alpha value is -1.85. The van der Waals surface area contributed by atoms with E-state index in [0.717, 1.165) is 19.4 Å². The van der Waals surface area contributed by atoms with Gasteiger partial charge < -0.3 is 14.7 Å². The molecule has 1 aliphatic heterocycles. The molecular formula is C12H17N3O3. The summed E-state index contributed by atoms with van der Waals surface area (Å²) in [5, 5.41) is 6.43. The predicted molar refractivity (Wildman–Crippen MR) is 64.8 cm³/mol. The second-order valence-electron chi connectivity index (χ2n) is 4.62. The molecule has 0 spiro atoms. The van der Waals surface area contributed by atoms with E-state index in [4.69, 9.17) is 4.52 Å². The van der Waals surface area contributed by atoms with Crippen molar-refractivity contribution in [3.63, 3.8) is 0 Å². The lowest BCUT2D eigenvalue weighted by Crippen LogP contribution is -2.42. The summed E-state index contributed by atoms with van der Waals surface area (Å²) in [4.78, 5) is 25.0. The number of aryl methyl sites for hydroxylation is 1. The molecule has 2 rings (SSSR count). The maximum Gasteiger partial charge on any atom is 0.230 e. The molecule has 1 saturated heterocycles. The van der Waals surface area contributed by atoms with Gasteiger partial charge in [0.1, 0.15) is 5.76 Å². The number of nitrogens with zero attached hydrogens (tertiary/aromatic N) is 2. The molecule has 1 atom stereocenters. The quantitative estimate of drug-likeness (QED) is 0.856. The van der Waals surface area contributed by atoms with Crippen LogP contribution in [0, 0.1) is 12.8 Å². The zero-order chi connectivity index (χ0) is 13.1. The van der Waals surface area contributed by atoms with Gasteiger partial charge in [0.15, 0.2) is 5.82 Å². The molecule has 0 aliphatic carbocycles. The van der Waals surface area contributed by atoms with Crippen molar-refractivity contribution in [1.29, 1.82) is 0 Å². The van der Waals surface area contributed by atoms with E-state index in [0.29, 0.717) is 18.1 Å². The van der Waals surface area contributed by atoms with Crippen molar-refractivity contribution in [3.05, 3.63) is 11.8 Å². The fourth-order valence-corrected chi connectivity index (χ4v) is 2.13. The lowest BCUT2D eigenvalue weighted by atomic mass is 9.97. The average Bonchev–Trinajstić information content (AvgIpc) is 2.75. The van der Waals surface area contributed by atoms with Gasteiger partial charge in [0.05, 0.1) is 5.92 Å². The summed E-state index contributed by atoms with van der Waals surface area (Å²) >= 11 is 0. The zero-order valence-electron chi connectivity index (χ0n) is 10.6. The number of aromatic nitrogens is 1. The SMILES string of the molecule is CC(=O)N1CCCC(C(=O)Nc2cc(C)on2)C1. The van der Waals surface area contributed by atoms with Crippen LogP contribution in [0.3, 0.4) is 0 Å². The standard InChI is InChI=1S/C12H17N3O3/c1-8-6-11(14-18-8)13-12(17)10-4-3-5-15(7-10)9(2)16/h6,10H,3-5,7H2,1-2H3,(H,13,14,17). The second kappa shape index (κ2) is 5.20. The van der Waals surface area contributed by atoms with Gasteiger partial charge in [-0.2, -0.15) is 0 Å². The van der Waals surface area contributed by atoms with Crippen molar-refractivity contribution in [3.8, 4) is 0 Å². The molecule has 6 nitrogen and oxygen atoms in total. The fourth-order valence-electron chi connectivity index (χ4n) is 2.13. The second-order valence-corrected chi connectivity index (χ2v) is 4.62. The number of likely N-dealkylation sites (tertiary alicyclic amines) is 1. The minimum absolute atomic E-state index is 0.0183. The summed E-state index contributed by atoms with van der Waals surface area (Å²) in [7, 11) is 0. The van der Waals surface area contributed by atoms with Gasteiger partial charge in [-0.3, -0.25) is 9.59 Å². The molecule has 6 heteroatoms. The Morgan fingerprint density at radius 3 is 2.94 bits per heavy atom. The first-order valence-corrected chi connectivity index (χ1v) is 6.06. The van der Waals surface area contributed by atoms with Gasteiger partial charge in [0.25, 0.3) is 0 Å². The summed E-state index contributed by atoms with van der Waals surface area (Å²) in [6.07, 6.45) is 1.65. The van der Waals surface area contributed by atoms with Crippen molar-refractivity contribution in [1.82, 2.24) is 10.1 Å². The Balaban J connectivity index is 1.94. The molecule has 1 aromatic rings. The number of hydrogen-bond donors (Lipinski definition) is 1. The monoisotopic (exact) mass is 251 g/mol. The Morgan fingerprint density at radius 1 is 1.56 bits per heavy atom. The normalized spacial score (nSPS) is 19.7. The molecule has 1 aliphatic rings. The van der Waals surface area contributed by atoms with Crippen LogP contribution in [0.15, 0.2) is 10.6 Å². The highest BCUT2D eigenvalue weighted by Gasteiger charge is 2.27. The molecule has 2 amide bonds. The molecular weight excluding hydrogens is 234 g/mol. The van der Waals surface area contributed by atoms with Crippen LogP contribution in [-0.4, -0.2) is 35.0 Å². The van der Waals surface area contributed by atoms with E-state index in [9.17, 15) is 9.59 Å². The first-order chi connectivity index (χ1) is 8.56. The fraction of sp³-hybridized carbons (Fsp3) is 0.583. The number of carbonyl (C=O) groups excluding carboxylic acids is 2. The highest BCUT2D eigenvalue weighted by molar-refractivity contribution is 5.92. The Kier molecular flexibility index (Phi) is 3.64. The smallest absolute Gasteiger partial charge is 0.230 e. The molecule has 0 saturated carbocycles. The predicted octanol–water partition coefficient (Wildman–Crippen LogP) is 1.18. The number of hydrogen-bond acceptors (Lipinski definition) is 4. The molecule has 0 aromatic carbocycles. The van der Waals surface area contributed by atoms with Crippen LogP contribution in [0.2, 0.25) is 0 Å². The van der Waals surface area contributed by atoms with E-state index >= 15 is 0 Å². The van der Waals surface area contributed by atoms with Crippen molar-refractivity contribution < 1.29 is 14.1 Å². The topological polar surface area (TPSA) is 75.4 Å². The molecule has 18 heavy (non-hydrogen) atoms. The molecule has 1 aromatic heterocycles. The summed E-state index contributed by atoms with van der Waals surface area (Å²) in [6, 6.07) is 1.67. The van der Waals surface area contributed by atoms with Crippen LogP contribution in [-0.2, 0) is 9.59 Å². The van der Waals surface area contributed by atoms with Gasteiger partial charge in [0.2, 0.25) is 11.8 Å². The van der Waals surface area contributed by atoms with Gasteiger partial charge in [-0.05, 0) is 19.8 Å². The van der Waals surface area contributed by atoms with Gasteiger partial charge in [0, 0.05) is 26.1 Å². The molecule has 1 unspecified atom stereocenters. The van der Waals surface area contributed by atoms with E-state index in [2.05, 4.69) is 10.5 Å². The largest absolute Gasteiger partial charge is 0.360 e. The van der Waals surface area contributed by atoms with Crippen LogP contribution in [0.4, 0.5) is 5.82 Å². The van der Waals surface area contributed by atoms with Crippen molar-refractivity contribution in [2.24, 2.45) is 5.92 Å². The van der Waals surface area contributed by atoms with Crippen LogP contribution in [0.1, 0.15) is 25.5 Å². The van der Waals surface area contributed by atoms with E-state index in [1.54, 1.807) is 17.9 Å². The van der Waals surface area contributed by atoms with Crippen molar-refractivity contribution in [2.45, 2.75) is 26.7 Å². The van der Waals surface area contributed by atoms with Crippen molar-refractivity contribution >= 4 is 17.6 Å². The lowest BCUT2D eigenvalue weighted by molar-refractivity contribution is -0.132. The maximum absolute atomic E-state index is 12.0. The first kappa shape index (κ1) is 12.6. The van der Waals surface area contributed by atoms with E-state index in [1.807, 2.05) is 0 Å². The number of piperidine rings is 1. The Bertz CT molecular complexity index is 455. The molecule has 1 N–H and O–H groups in total. The third kappa shape index (κ3) is 2.88. The zero-order valence-corrected chi connectivity index (χ0v) is 10.6. The molecule has 1 fully saturated rings. The number of amides is 2. The summed E-state index contributed by atoms with van der Waals surface area (Å²) in [6.45, 7) is 4.52. The van der Waals surface area contributed by atoms with Gasteiger partial charge >= 0.3 is 0 Å². The highest BCUT2D eigenvalue weighted by atomic mass is 16.5. The van der Waals surface area contributed by atoms with E-state index in [1.165, 1.54) is 6.92 Å². The summed E-state index contributed by atoms with van der Waals surface area (Å²) < 4.78 is 4.88. The molecule has 98 valence electrons. The third-order valence-electron chi connectivity index (χ3n) is 3.12. The molecule has 2 heterocycles. The van der Waals surface area contributed by atoms with Gasteiger partial charge in [-0.15, -0.1) is 0 Å². The van der Waals surface area contributed by atoms with Crippen molar-refractivity contribution in [2.75, 3.05) is 18.4 Å².